The molecule has 1 atom stereocenters. The van der Waals surface area contributed by atoms with Crippen LogP contribution >= 0.6 is 23.2 Å². The molecule has 0 aromatic carbocycles. The van der Waals surface area contributed by atoms with E-state index in [0.29, 0.717) is 0 Å². The normalized spacial score (nSPS) is 12.4. The summed E-state index contributed by atoms with van der Waals surface area (Å²) in [6.07, 6.45) is -0.984. The molecule has 0 aromatic heterocycles. The Balaban J connectivity index is 3.92. The molecule has 0 fully saturated rings. The number of carbonyl (C=O) groups is 2. The van der Waals surface area contributed by atoms with Gasteiger partial charge in [0.25, 0.3) is 0 Å². The Labute approximate surface area is 79.7 Å². The summed E-state index contributed by atoms with van der Waals surface area (Å²) in [5.74, 6) is -1.52. The van der Waals surface area contributed by atoms with Crippen LogP contribution < -0.4 is 0 Å². The van der Waals surface area contributed by atoms with E-state index in [4.69, 9.17) is 23.2 Å². The first-order valence-corrected chi connectivity index (χ1v) is 3.92. The van der Waals surface area contributed by atoms with Gasteiger partial charge in [0.2, 0.25) is 4.84 Å². The minimum Gasteiger partial charge on any atom is -0.466 e. The van der Waals surface area contributed by atoms with E-state index in [1.807, 2.05) is 0 Å². The maximum atomic E-state index is 10.7. The molecule has 0 bridgehead atoms. The Kier molecular flexibility index (Phi) is 5.01. The fourth-order valence-corrected chi connectivity index (χ4v) is 0.543. The first-order chi connectivity index (χ1) is 5.49. The molecule has 0 aromatic rings. The lowest BCUT2D eigenvalue weighted by molar-refractivity contribution is -0.163. The zero-order valence-corrected chi connectivity index (χ0v) is 8.06. The zero-order valence-electron chi connectivity index (χ0n) is 6.54. The molecule has 0 aliphatic carbocycles. The smallest absolute Gasteiger partial charge is 0.346 e. The van der Waals surface area contributed by atoms with E-state index in [-0.39, 0.29) is 0 Å². The Bertz CT molecular complexity index is 180. The van der Waals surface area contributed by atoms with Crippen molar-refractivity contribution in [1.29, 1.82) is 0 Å². The summed E-state index contributed by atoms with van der Waals surface area (Å²) < 4.78 is 8.78. The molecular formula is C6H8Cl2O4. The van der Waals surface area contributed by atoms with Crippen LogP contribution in [0.5, 0.6) is 0 Å². The second-order valence-corrected chi connectivity index (χ2v) is 3.00. The van der Waals surface area contributed by atoms with Crippen LogP contribution in [0, 0.1) is 0 Å². The van der Waals surface area contributed by atoms with Gasteiger partial charge in [-0.05, 0) is 6.92 Å². The highest BCUT2D eigenvalue weighted by atomic mass is 35.5. The number of hydrogen-bond acceptors (Lipinski definition) is 4. The van der Waals surface area contributed by atoms with Crippen molar-refractivity contribution < 1.29 is 19.1 Å². The predicted molar refractivity (Wildman–Crippen MR) is 43.1 cm³/mol. The molecule has 12 heavy (non-hydrogen) atoms. The highest BCUT2D eigenvalue weighted by Crippen LogP contribution is 2.06. The number of carbonyl (C=O) groups excluding carboxylic acids is 2. The van der Waals surface area contributed by atoms with Crippen molar-refractivity contribution in [2.24, 2.45) is 0 Å². The molecular weight excluding hydrogens is 207 g/mol. The minimum absolute atomic E-state index is 0.655. The number of ether oxygens (including phenoxy) is 2. The predicted octanol–water partition coefficient (Wildman–Crippen LogP) is 0.895. The van der Waals surface area contributed by atoms with E-state index >= 15 is 0 Å². The number of alkyl halides is 2. The van der Waals surface area contributed by atoms with Gasteiger partial charge in [0.15, 0.2) is 6.10 Å². The molecule has 0 rings (SSSR count). The van der Waals surface area contributed by atoms with Crippen LogP contribution in [0.2, 0.25) is 0 Å². The lowest BCUT2D eigenvalue weighted by Crippen LogP contribution is -2.27. The summed E-state index contributed by atoms with van der Waals surface area (Å²) in [5.41, 5.74) is 0. The number of halogens is 2. The van der Waals surface area contributed by atoms with Gasteiger partial charge in [0, 0.05) is 0 Å². The molecule has 0 heterocycles. The minimum atomic E-state index is -1.28. The van der Waals surface area contributed by atoms with Crippen molar-refractivity contribution >= 4 is 35.1 Å². The summed E-state index contributed by atoms with van der Waals surface area (Å²) >= 11 is 10.3. The van der Waals surface area contributed by atoms with Gasteiger partial charge in [-0.25, -0.2) is 9.59 Å². The molecule has 0 saturated carbocycles. The van der Waals surface area contributed by atoms with E-state index in [0.717, 1.165) is 0 Å². The molecule has 0 spiro atoms. The highest BCUT2D eigenvalue weighted by Gasteiger charge is 2.21. The third kappa shape index (κ3) is 3.78. The van der Waals surface area contributed by atoms with E-state index in [9.17, 15) is 9.59 Å². The second-order valence-electron chi connectivity index (χ2n) is 1.90. The molecule has 0 aliphatic heterocycles. The maximum absolute atomic E-state index is 10.7. The molecule has 0 aliphatic rings. The van der Waals surface area contributed by atoms with Gasteiger partial charge in [-0.15, -0.1) is 0 Å². The first kappa shape index (κ1) is 11.5. The van der Waals surface area contributed by atoms with Crippen molar-refractivity contribution in [3.05, 3.63) is 0 Å². The number of methoxy groups -OCH3 is 1. The van der Waals surface area contributed by atoms with Crippen molar-refractivity contribution in [2.75, 3.05) is 7.11 Å². The van der Waals surface area contributed by atoms with Crippen molar-refractivity contribution in [2.45, 2.75) is 17.9 Å². The molecule has 0 radical (unpaired) electrons. The van der Waals surface area contributed by atoms with E-state index in [1.54, 1.807) is 0 Å². The van der Waals surface area contributed by atoms with Gasteiger partial charge in [-0.1, -0.05) is 23.2 Å². The molecule has 0 amide bonds. The van der Waals surface area contributed by atoms with E-state index < -0.39 is 22.9 Å². The second kappa shape index (κ2) is 5.22. The van der Waals surface area contributed by atoms with Crippen LogP contribution in [0.1, 0.15) is 6.92 Å². The molecule has 4 nitrogen and oxygen atoms in total. The van der Waals surface area contributed by atoms with Crippen molar-refractivity contribution in [3.8, 4) is 0 Å². The van der Waals surface area contributed by atoms with Gasteiger partial charge in [-0.3, -0.25) is 0 Å². The third-order valence-corrected chi connectivity index (χ3v) is 1.36. The summed E-state index contributed by atoms with van der Waals surface area (Å²) in [7, 11) is 1.19. The van der Waals surface area contributed by atoms with Gasteiger partial charge in [0.1, 0.15) is 0 Å². The highest BCUT2D eigenvalue weighted by molar-refractivity contribution is 6.52. The monoisotopic (exact) mass is 214 g/mol. The van der Waals surface area contributed by atoms with Crippen LogP contribution in [-0.4, -0.2) is 30.0 Å². The summed E-state index contributed by atoms with van der Waals surface area (Å²) in [6, 6.07) is 0. The zero-order chi connectivity index (χ0) is 9.72. The lowest BCUT2D eigenvalue weighted by atomic mass is 10.4. The third-order valence-electron chi connectivity index (χ3n) is 1.00. The Morgan fingerprint density at radius 1 is 1.25 bits per heavy atom. The Morgan fingerprint density at radius 3 is 2.08 bits per heavy atom. The molecule has 0 saturated heterocycles. The lowest BCUT2D eigenvalue weighted by Gasteiger charge is -2.10. The maximum Gasteiger partial charge on any atom is 0.346 e. The summed E-state index contributed by atoms with van der Waals surface area (Å²) in [5, 5.41) is 0. The van der Waals surface area contributed by atoms with Crippen molar-refractivity contribution in [1.82, 2.24) is 0 Å². The SMILES string of the molecule is COC(=O)[C@H](C)OC(=O)C(Cl)Cl. The average molecular weight is 215 g/mol. The van der Waals surface area contributed by atoms with Crippen molar-refractivity contribution in [3.63, 3.8) is 0 Å². The van der Waals surface area contributed by atoms with Crippen LogP contribution in [0.25, 0.3) is 0 Å². The average Bonchev–Trinajstić information content (AvgIpc) is 2.02. The van der Waals surface area contributed by atoms with E-state index in [2.05, 4.69) is 9.47 Å². The van der Waals surface area contributed by atoms with Crippen LogP contribution in [-0.2, 0) is 19.1 Å². The van der Waals surface area contributed by atoms with Gasteiger partial charge in [-0.2, -0.15) is 0 Å². The number of hydrogen-bond donors (Lipinski definition) is 0. The summed E-state index contributed by atoms with van der Waals surface area (Å²) in [4.78, 5) is 20.1. The van der Waals surface area contributed by atoms with Gasteiger partial charge in [0.05, 0.1) is 7.11 Å². The van der Waals surface area contributed by atoms with E-state index in [1.165, 1.54) is 14.0 Å². The Hall–Kier alpha value is -0.480. The fraction of sp³-hybridized carbons (Fsp3) is 0.667. The van der Waals surface area contributed by atoms with Crippen LogP contribution in [0.15, 0.2) is 0 Å². The van der Waals surface area contributed by atoms with Crippen LogP contribution in [0.3, 0.4) is 0 Å². The number of rotatable bonds is 3. The van der Waals surface area contributed by atoms with Crippen LogP contribution in [0.4, 0.5) is 0 Å². The largest absolute Gasteiger partial charge is 0.466 e. The summed E-state index contributed by atoms with van der Waals surface area (Å²) in [6.45, 7) is 1.36. The Morgan fingerprint density at radius 2 is 1.75 bits per heavy atom. The molecule has 70 valence electrons. The van der Waals surface area contributed by atoms with Gasteiger partial charge >= 0.3 is 11.9 Å². The quantitative estimate of drug-likeness (QED) is 0.518. The topological polar surface area (TPSA) is 52.6 Å². The first-order valence-electron chi connectivity index (χ1n) is 3.05. The molecule has 6 heteroatoms. The van der Waals surface area contributed by atoms with Gasteiger partial charge < -0.3 is 9.47 Å². The molecule has 0 N–H and O–H groups in total. The fourth-order valence-electron chi connectivity index (χ4n) is 0.440. The molecule has 0 unspecified atom stereocenters. The standard InChI is InChI=1S/C6H8Cl2O4/c1-3(5(9)11-2)12-6(10)4(7)8/h3-4H,1-2H3/t3-/m0/s1. The number of esters is 2.